The van der Waals surface area contributed by atoms with Gasteiger partial charge in [0.1, 0.15) is 17.5 Å². The number of pyridine rings is 2. The number of halogens is 4. The Bertz CT molecular complexity index is 902. The molecule has 0 amide bonds. The van der Waals surface area contributed by atoms with Gasteiger partial charge < -0.3 is 4.74 Å². The van der Waals surface area contributed by atoms with Crippen LogP contribution in [0.15, 0.2) is 30.5 Å². The van der Waals surface area contributed by atoms with Gasteiger partial charge >= 0.3 is 6.18 Å². The number of fused-ring (bicyclic) bond motifs is 1. The maximum Gasteiger partial charge on any atom is 0.418 e. The fourth-order valence-corrected chi connectivity index (χ4v) is 2.42. The van der Waals surface area contributed by atoms with Gasteiger partial charge in [0.15, 0.2) is 11.5 Å². The van der Waals surface area contributed by atoms with Crippen LogP contribution in [-0.2, 0) is 17.5 Å². The van der Waals surface area contributed by atoms with E-state index in [-0.39, 0.29) is 34.6 Å². The molecule has 0 atom stereocenters. The van der Waals surface area contributed by atoms with Crippen LogP contribution in [0.5, 0.6) is 0 Å². The van der Waals surface area contributed by atoms with Crippen molar-refractivity contribution in [1.29, 1.82) is 0 Å². The second-order valence-corrected chi connectivity index (χ2v) is 5.19. The molecule has 0 saturated carbocycles. The maximum absolute atomic E-state index is 13.1. The molecule has 3 aromatic heterocycles. The van der Waals surface area contributed by atoms with Crippen LogP contribution in [0, 0.1) is 0 Å². The van der Waals surface area contributed by atoms with Gasteiger partial charge in [0.05, 0.1) is 16.6 Å². The minimum atomic E-state index is -4.54. The summed E-state index contributed by atoms with van der Waals surface area (Å²) in [5.74, 6) is 0.289. The zero-order valence-corrected chi connectivity index (χ0v) is 13.1. The van der Waals surface area contributed by atoms with Gasteiger partial charge in [-0.15, -0.1) is 0 Å². The van der Waals surface area contributed by atoms with Crippen LogP contribution in [0.4, 0.5) is 13.2 Å². The molecule has 0 aliphatic heterocycles. The first-order valence-corrected chi connectivity index (χ1v) is 7.12. The summed E-state index contributed by atoms with van der Waals surface area (Å²) in [7, 11) is 1.47. The third kappa shape index (κ3) is 3.15. The lowest BCUT2D eigenvalue weighted by molar-refractivity contribution is -0.137. The van der Waals surface area contributed by atoms with E-state index in [0.717, 1.165) is 6.07 Å². The van der Waals surface area contributed by atoms with E-state index in [1.165, 1.54) is 31.5 Å². The molecule has 0 aliphatic carbocycles. The molecule has 0 bridgehead atoms. The number of aromatic nitrogens is 4. The second kappa shape index (κ2) is 6.29. The van der Waals surface area contributed by atoms with Crippen LogP contribution >= 0.6 is 11.6 Å². The first-order chi connectivity index (χ1) is 11.4. The number of ether oxygens (including phenoxy) is 1. The standard InChI is InChI=1S/C15H10ClF3N4O/c1-24-7-11-22-13(16)8-4-5-10(21-14(8)23-11)12-9(15(17,18)19)3-2-6-20-12/h2-6H,7H2,1H3. The summed E-state index contributed by atoms with van der Waals surface area (Å²) < 4.78 is 44.4. The van der Waals surface area contributed by atoms with Crippen molar-refractivity contribution in [2.75, 3.05) is 7.11 Å². The van der Waals surface area contributed by atoms with Gasteiger partial charge in [0.25, 0.3) is 0 Å². The average Bonchev–Trinajstić information content (AvgIpc) is 2.54. The van der Waals surface area contributed by atoms with Crippen LogP contribution in [0.2, 0.25) is 5.15 Å². The molecule has 3 heterocycles. The molecular weight excluding hydrogens is 345 g/mol. The highest BCUT2D eigenvalue weighted by Gasteiger charge is 2.34. The monoisotopic (exact) mass is 354 g/mol. The molecule has 0 N–H and O–H groups in total. The van der Waals surface area contributed by atoms with Crippen molar-refractivity contribution in [3.05, 3.63) is 47.0 Å². The van der Waals surface area contributed by atoms with Crippen molar-refractivity contribution in [2.45, 2.75) is 12.8 Å². The van der Waals surface area contributed by atoms with Crippen molar-refractivity contribution in [1.82, 2.24) is 19.9 Å². The molecule has 24 heavy (non-hydrogen) atoms. The first kappa shape index (κ1) is 16.5. The molecule has 3 aromatic rings. The molecule has 9 heteroatoms. The molecule has 0 unspecified atom stereocenters. The maximum atomic E-state index is 13.1. The summed E-state index contributed by atoms with van der Waals surface area (Å²) in [6, 6.07) is 5.11. The average molecular weight is 355 g/mol. The normalized spacial score (nSPS) is 11.9. The number of methoxy groups -OCH3 is 1. The van der Waals surface area contributed by atoms with Gasteiger partial charge in [-0.2, -0.15) is 13.2 Å². The topological polar surface area (TPSA) is 60.8 Å². The Morgan fingerprint density at radius 1 is 1.12 bits per heavy atom. The quantitative estimate of drug-likeness (QED) is 0.667. The summed E-state index contributed by atoms with van der Waals surface area (Å²) in [6.07, 6.45) is -3.26. The Morgan fingerprint density at radius 2 is 1.92 bits per heavy atom. The molecule has 0 radical (unpaired) electrons. The van der Waals surface area contributed by atoms with Crippen LogP contribution in [0.25, 0.3) is 22.4 Å². The zero-order chi connectivity index (χ0) is 17.3. The summed E-state index contributed by atoms with van der Waals surface area (Å²) in [4.78, 5) is 16.2. The molecule has 0 spiro atoms. The minimum absolute atomic E-state index is 0.0496. The van der Waals surface area contributed by atoms with Gasteiger partial charge in [-0.3, -0.25) is 4.98 Å². The third-order valence-electron chi connectivity index (χ3n) is 3.19. The lowest BCUT2D eigenvalue weighted by Crippen LogP contribution is -2.09. The Labute approximate surface area is 139 Å². The fourth-order valence-electron chi connectivity index (χ4n) is 2.18. The molecule has 0 aliphatic rings. The Hall–Kier alpha value is -2.32. The Kier molecular flexibility index (Phi) is 4.33. The number of nitrogens with zero attached hydrogens (tertiary/aromatic N) is 4. The predicted octanol–water partition coefficient (Wildman–Crippen LogP) is 3.91. The molecular formula is C15H10ClF3N4O. The van der Waals surface area contributed by atoms with Gasteiger partial charge in [0.2, 0.25) is 0 Å². The van der Waals surface area contributed by atoms with Crippen molar-refractivity contribution < 1.29 is 17.9 Å². The van der Waals surface area contributed by atoms with Crippen molar-refractivity contribution in [3.63, 3.8) is 0 Å². The number of hydrogen-bond acceptors (Lipinski definition) is 5. The largest absolute Gasteiger partial charge is 0.418 e. The number of rotatable bonds is 3. The molecule has 0 fully saturated rings. The first-order valence-electron chi connectivity index (χ1n) is 6.75. The van der Waals surface area contributed by atoms with E-state index in [0.29, 0.717) is 5.39 Å². The summed E-state index contributed by atoms with van der Waals surface area (Å²) in [5, 5.41) is 0.591. The third-order valence-corrected chi connectivity index (χ3v) is 3.48. The van der Waals surface area contributed by atoms with Gasteiger partial charge in [0, 0.05) is 13.3 Å². The van der Waals surface area contributed by atoms with E-state index in [4.69, 9.17) is 16.3 Å². The lowest BCUT2D eigenvalue weighted by atomic mass is 10.1. The van der Waals surface area contributed by atoms with Gasteiger partial charge in [-0.25, -0.2) is 15.0 Å². The Balaban J connectivity index is 2.18. The molecule has 0 aromatic carbocycles. The van der Waals surface area contributed by atoms with E-state index < -0.39 is 11.7 Å². The van der Waals surface area contributed by atoms with Crippen molar-refractivity contribution >= 4 is 22.6 Å². The minimum Gasteiger partial charge on any atom is -0.377 e. The van der Waals surface area contributed by atoms with Crippen LogP contribution < -0.4 is 0 Å². The molecule has 124 valence electrons. The highest BCUT2D eigenvalue weighted by molar-refractivity contribution is 6.33. The number of alkyl halides is 3. The summed E-state index contributed by atoms with van der Waals surface area (Å²) >= 11 is 6.06. The highest BCUT2D eigenvalue weighted by atomic mass is 35.5. The SMILES string of the molecule is COCc1nc(Cl)c2ccc(-c3ncccc3C(F)(F)F)nc2n1. The smallest absolute Gasteiger partial charge is 0.377 e. The fraction of sp³-hybridized carbons (Fsp3) is 0.200. The second-order valence-electron chi connectivity index (χ2n) is 4.83. The molecule has 0 saturated heterocycles. The van der Waals surface area contributed by atoms with E-state index in [1.54, 1.807) is 0 Å². The van der Waals surface area contributed by atoms with Crippen LogP contribution in [-0.4, -0.2) is 27.0 Å². The highest BCUT2D eigenvalue weighted by Crippen LogP contribution is 2.35. The van der Waals surface area contributed by atoms with E-state index in [9.17, 15) is 13.2 Å². The van der Waals surface area contributed by atoms with E-state index >= 15 is 0 Å². The van der Waals surface area contributed by atoms with Crippen LogP contribution in [0.3, 0.4) is 0 Å². The van der Waals surface area contributed by atoms with Gasteiger partial charge in [-0.05, 0) is 24.3 Å². The molecule has 3 rings (SSSR count). The van der Waals surface area contributed by atoms with Crippen LogP contribution in [0.1, 0.15) is 11.4 Å². The summed E-state index contributed by atoms with van der Waals surface area (Å²) in [6.45, 7) is 0.110. The Morgan fingerprint density at radius 3 is 2.62 bits per heavy atom. The molecule has 5 nitrogen and oxygen atoms in total. The van der Waals surface area contributed by atoms with E-state index in [1.807, 2.05) is 0 Å². The van der Waals surface area contributed by atoms with Crippen molar-refractivity contribution in [3.8, 4) is 11.4 Å². The summed E-state index contributed by atoms with van der Waals surface area (Å²) in [5.41, 5.74) is -0.907. The lowest BCUT2D eigenvalue weighted by Gasteiger charge is -2.11. The number of hydrogen-bond donors (Lipinski definition) is 0. The predicted molar refractivity (Wildman–Crippen MR) is 81.3 cm³/mol. The van der Waals surface area contributed by atoms with E-state index in [2.05, 4.69) is 19.9 Å². The van der Waals surface area contributed by atoms with Crippen molar-refractivity contribution in [2.24, 2.45) is 0 Å². The van der Waals surface area contributed by atoms with Gasteiger partial charge in [-0.1, -0.05) is 11.6 Å². The zero-order valence-electron chi connectivity index (χ0n) is 12.3.